The largest absolute Gasteiger partial charge is 0.496 e. The van der Waals surface area contributed by atoms with Gasteiger partial charge in [-0.05, 0) is 100 Å². The van der Waals surface area contributed by atoms with Crippen LogP contribution in [0.1, 0.15) is 135 Å². The van der Waals surface area contributed by atoms with Crippen LogP contribution in [-0.2, 0) is 90.2 Å². The predicted octanol–water partition coefficient (Wildman–Crippen LogP) is 17.6. The molecule has 4 heterocycles. The van der Waals surface area contributed by atoms with E-state index in [1.54, 1.807) is 28.1 Å². The summed E-state index contributed by atoms with van der Waals surface area (Å²) in [6, 6.07) is 3.63. The van der Waals surface area contributed by atoms with E-state index in [4.69, 9.17) is 61.9 Å². The van der Waals surface area contributed by atoms with Gasteiger partial charge in [-0.25, -0.2) is 19.2 Å². The molecule has 0 radical (unpaired) electrons. The topological polar surface area (TPSA) is 268 Å². The Bertz CT molecular complexity index is 4270. The molecule has 4 aromatic carbocycles. The Hall–Kier alpha value is -8.48. The molecule has 0 bridgehead atoms. The van der Waals surface area contributed by atoms with Gasteiger partial charge in [-0.15, -0.1) is 0 Å². The number of ketones is 3. The van der Waals surface area contributed by atoms with Gasteiger partial charge in [-0.3, -0.25) is 14.4 Å². The molecule has 0 fully saturated rings. The molecule has 8 rings (SSSR count). The van der Waals surface area contributed by atoms with Gasteiger partial charge >= 0.3 is 48.2 Å². The number of cyclic esters (lactones) is 4. The lowest BCUT2D eigenvalue weighted by Crippen LogP contribution is -2.28. The highest BCUT2D eigenvalue weighted by atomic mass is 28.3. The van der Waals surface area contributed by atoms with Crippen molar-refractivity contribution < 1.29 is 140 Å². The molecular formula is C80H109F9O21Si4. The predicted molar refractivity (Wildman–Crippen MR) is 421 cm³/mol. The fourth-order valence-corrected chi connectivity index (χ4v) is 15.1. The summed E-state index contributed by atoms with van der Waals surface area (Å²) in [5.74, 6) is -3.00. The number of halogens is 9. The Morgan fingerprint density at radius 3 is 0.895 bits per heavy atom. The van der Waals surface area contributed by atoms with Gasteiger partial charge in [0.2, 0.25) is 5.78 Å². The van der Waals surface area contributed by atoms with Crippen LogP contribution in [0.15, 0.2) is 23.3 Å². The van der Waals surface area contributed by atoms with Crippen LogP contribution >= 0.6 is 0 Å². The number of carbonyl (C=O) groups excluding carboxylic acids is 8. The number of Topliss-reactive ketones (excluding diaryl/α,β-unsaturated/α-hetero) is 3. The second kappa shape index (κ2) is 40.9. The molecule has 4 aromatic rings. The van der Waals surface area contributed by atoms with Crippen molar-refractivity contribution in [3.05, 3.63) is 112 Å². The maximum absolute atomic E-state index is 13.2. The fourth-order valence-electron chi connectivity index (χ4n) is 12.2. The molecule has 0 amide bonds. The molecule has 0 spiro atoms. The minimum absolute atomic E-state index is 0.0537. The van der Waals surface area contributed by atoms with Crippen molar-refractivity contribution in [2.75, 3.05) is 61.5 Å². The molecule has 0 unspecified atom stereocenters. The molecule has 634 valence electrons. The normalized spacial score (nSPS) is 13.9. The highest BCUT2D eigenvalue weighted by Crippen LogP contribution is 2.48. The summed E-state index contributed by atoms with van der Waals surface area (Å²) in [5.41, 5.74) is 7.51. The maximum atomic E-state index is 13.2. The number of hydrogen-bond donors (Lipinski definition) is 1. The van der Waals surface area contributed by atoms with E-state index in [1.807, 2.05) is 13.8 Å². The number of benzene rings is 4. The van der Waals surface area contributed by atoms with Crippen molar-refractivity contribution in [2.24, 2.45) is 0 Å². The zero-order chi connectivity index (χ0) is 86.9. The number of aliphatic hydroxyl groups excluding tert-OH is 1. The van der Waals surface area contributed by atoms with E-state index in [-0.39, 0.29) is 73.6 Å². The number of ether oxygens (including phenoxy) is 12. The molecule has 0 atom stereocenters. The third-order valence-electron chi connectivity index (χ3n) is 18.5. The van der Waals surface area contributed by atoms with Crippen molar-refractivity contribution >= 4 is 79.8 Å². The maximum Gasteiger partial charge on any atom is 0.457 e. The van der Waals surface area contributed by atoms with Crippen LogP contribution in [0.2, 0.25) is 103 Å². The van der Waals surface area contributed by atoms with Crippen LogP contribution in [0.25, 0.3) is 0 Å². The molecule has 4 aliphatic rings. The SMILES string of the molecule is CC(=O)C(=O)C(F)(F)F.CCCc1c(OC)c(C)c2c(c1OCC[Si](C)(C)C)C(=O)OC2.COc1c(C)c2c(c(OCC[Si](C)(C)C)c1C/C=C(/C(C)=O)C(F)(F)F)C(=O)OC2.COc1c(C)c2c(c(OCC[Si](C)(C)C)c1C/C=C(/CO)C(F)(F)F)C(=O)OC2.COc1c(C)c2c(c(OCC[Si](C)(C)C)c1CC=O)C(=O)OC2. The van der Waals surface area contributed by atoms with Gasteiger partial charge in [0.25, 0.3) is 0 Å². The molecule has 0 saturated carbocycles. The summed E-state index contributed by atoms with van der Waals surface area (Å²) < 4.78 is 179. The van der Waals surface area contributed by atoms with Crippen LogP contribution in [-0.4, -0.2) is 165 Å². The number of aliphatic hydroxyl groups is 1. The minimum atomic E-state index is -5.01. The molecule has 0 saturated heterocycles. The van der Waals surface area contributed by atoms with E-state index in [0.29, 0.717) is 119 Å². The van der Waals surface area contributed by atoms with Crippen LogP contribution in [0.5, 0.6) is 46.0 Å². The van der Waals surface area contributed by atoms with Crippen molar-refractivity contribution in [3.8, 4) is 46.0 Å². The first-order chi connectivity index (χ1) is 52.6. The summed E-state index contributed by atoms with van der Waals surface area (Å²) in [7, 11) is 0.709. The van der Waals surface area contributed by atoms with Gasteiger partial charge in [-0.1, -0.05) is 104 Å². The number of esters is 4. The lowest BCUT2D eigenvalue weighted by Gasteiger charge is -2.21. The van der Waals surface area contributed by atoms with E-state index < -0.39 is 97.9 Å². The highest BCUT2D eigenvalue weighted by molar-refractivity contribution is 6.77. The van der Waals surface area contributed by atoms with Crippen LogP contribution in [0.4, 0.5) is 39.5 Å². The lowest BCUT2D eigenvalue weighted by atomic mass is 9.94. The van der Waals surface area contributed by atoms with Crippen molar-refractivity contribution in [3.63, 3.8) is 0 Å². The van der Waals surface area contributed by atoms with E-state index in [0.717, 1.165) is 95.9 Å². The van der Waals surface area contributed by atoms with Gasteiger partial charge in [0.05, 0.1) is 72.6 Å². The summed E-state index contributed by atoms with van der Waals surface area (Å²) in [4.78, 5) is 91.1. The Labute approximate surface area is 664 Å². The third kappa shape index (κ3) is 26.3. The van der Waals surface area contributed by atoms with Crippen molar-refractivity contribution in [2.45, 2.75) is 228 Å². The Balaban J connectivity index is 0.000000310. The molecule has 21 nitrogen and oxygen atoms in total. The van der Waals surface area contributed by atoms with Gasteiger partial charge < -0.3 is 66.7 Å². The summed E-state index contributed by atoms with van der Waals surface area (Å²) in [6.07, 6.45) is -10.5. The molecule has 4 aliphatic heterocycles. The monoisotopic (exact) mass is 1690 g/mol. The van der Waals surface area contributed by atoms with Crippen LogP contribution in [0, 0.1) is 27.7 Å². The number of hydrogen-bond acceptors (Lipinski definition) is 21. The quantitative estimate of drug-likeness (QED) is 0.00717. The number of methoxy groups -OCH3 is 4. The first-order valence-electron chi connectivity index (χ1n) is 36.9. The molecule has 0 aromatic heterocycles. The van der Waals surface area contributed by atoms with E-state index >= 15 is 0 Å². The van der Waals surface area contributed by atoms with Crippen molar-refractivity contribution in [1.82, 2.24) is 0 Å². The lowest BCUT2D eigenvalue weighted by molar-refractivity contribution is -0.173. The second-order valence-electron chi connectivity index (χ2n) is 32.2. The average molecular weight is 1690 g/mol. The number of fused-ring (bicyclic) bond motifs is 4. The average Bonchev–Trinajstić information content (AvgIpc) is 1.52. The third-order valence-corrected chi connectivity index (χ3v) is 25.4. The molecule has 0 aliphatic carbocycles. The number of rotatable bonds is 31. The van der Waals surface area contributed by atoms with Gasteiger partial charge in [0, 0.05) is 90.1 Å². The first kappa shape index (κ1) is 97.9. The van der Waals surface area contributed by atoms with Gasteiger partial charge in [0.1, 0.15) is 101 Å². The number of aldehydes is 1. The smallest absolute Gasteiger partial charge is 0.457 e. The van der Waals surface area contributed by atoms with Crippen LogP contribution < -0.4 is 37.9 Å². The van der Waals surface area contributed by atoms with E-state index in [9.17, 15) is 77.9 Å². The van der Waals surface area contributed by atoms with E-state index in [1.165, 1.54) is 14.2 Å². The standard InChI is InChI=1S/C21H27F3O5Si.C20H27F3O5Si.C18H28O4Si.C17H24O5Si.C4H3F3O2/c1-12-15-11-29-20(26)17(15)19(28-9-10-30(4,5)6)14(18(12)27-3)7-8-16(13(2)25)21(22,23)24;1-12-15-11-28-19(25)16(15)18(27-8-9-29(3,4)5)14(17(12)26-2)7-6-13(10-24)20(21,22)23;1-7-8-13-16(20-3)12(2)14-11-22-18(19)15(14)17(13)21-9-10-23(4,5)6;1-11-13-10-22-17(19)14(13)16(21-8-9-23(3,4)5)12(6-7-18)15(11)20-2;1-2(8)3(9)4(5,6)7/h8H,7,9-11H2,1-6H3;6,24H,7-11H2,1-5H3;7-11H2,1-6H3;7H,6,8-10H2,1-5H3;1H3/b16-8-;13-6-;;;. The number of allylic oxidation sites excluding steroid dienone is 3. The number of carbonyl (C=O) groups is 8. The Kier molecular flexibility index (Phi) is 35.1. The minimum Gasteiger partial charge on any atom is -0.496 e. The molecule has 114 heavy (non-hydrogen) atoms. The summed E-state index contributed by atoms with van der Waals surface area (Å²) in [6.45, 7) is 39.0. The molecule has 1 N–H and O–H groups in total. The first-order valence-corrected chi connectivity index (χ1v) is 51.8. The Morgan fingerprint density at radius 2 is 0.684 bits per heavy atom. The summed E-state index contributed by atoms with van der Waals surface area (Å²) in [5, 5.41) is 9.10. The van der Waals surface area contributed by atoms with Gasteiger partial charge in [-0.2, -0.15) is 39.5 Å². The second-order valence-corrected chi connectivity index (χ2v) is 54.7. The van der Waals surface area contributed by atoms with Crippen molar-refractivity contribution in [1.29, 1.82) is 0 Å². The van der Waals surface area contributed by atoms with Crippen LogP contribution in [0.3, 0.4) is 0 Å². The zero-order valence-electron chi connectivity index (χ0n) is 69.5. The summed E-state index contributed by atoms with van der Waals surface area (Å²) >= 11 is 0. The molecular weight excluding hydrogens is 1580 g/mol. The molecule has 34 heteroatoms. The number of alkyl halides is 9. The Morgan fingerprint density at radius 1 is 0.412 bits per heavy atom. The zero-order valence-corrected chi connectivity index (χ0v) is 73.5. The van der Waals surface area contributed by atoms with E-state index in [2.05, 4.69) is 85.5 Å². The highest BCUT2D eigenvalue weighted by Gasteiger charge is 2.43. The fraction of sp³-hybridized carbons (Fsp3) is 0.550. The van der Waals surface area contributed by atoms with Gasteiger partial charge in [0.15, 0.2) is 5.78 Å².